The molecule has 0 saturated carbocycles. The average molecular weight is 526 g/mol. The Hall–Kier alpha value is -4.78. The van der Waals surface area contributed by atoms with Gasteiger partial charge in [-0.05, 0) is 16.7 Å². The molecule has 13 heteroatoms. The number of hydrazine groups is 1. The van der Waals surface area contributed by atoms with Gasteiger partial charge in [0.1, 0.15) is 12.1 Å². The van der Waals surface area contributed by atoms with E-state index in [1.54, 1.807) is 42.5 Å². The van der Waals surface area contributed by atoms with Gasteiger partial charge in [0.2, 0.25) is 11.8 Å². The number of rotatable bonds is 11. The van der Waals surface area contributed by atoms with E-state index >= 15 is 0 Å². The van der Waals surface area contributed by atoms with E-state index in [1.165, 1.54) is 12.1 Å². The molecule has 200 valence electrons. The van der Waals surface area contributed by atoms with Crippen LogP contribution in [0.1, 0.15) is 36.1 Å². The first-order valence-electron chi connectivity index (χ1n) is 11.6. The standard InChI is InChI=1S/C25H27N5O8/c1-14(31)29(30-23(35)18(27-25(30)38)11-15-6-5-7-16(10-15)13-26)19(12-20(32)33)22(34)28-21(24(36)37)17-8-3-2-4-9-17/h2-10,18-19,21H,11-13,26H2,1H3,(H,27,38)(H,28,34)(H,32,33)(H,36,37)/t18?,19-,21-/m0/s1. The maximum atomic E-state index is 13.2. The van der Waals surface area contributed by atoms with E-state index < -0.39 is 60.2 Å². The van der Waals surface area contributed by atoms with Crippen molar-refractivity contribution in [3.8, 4) is 0 Å². The number of carbonyl (C=O) groups excluding carboxylic acids is 4. The van der Waals surface area contributed by atoms with Gasteiger partial charge in [-0.15, -0.1) is 0 Å². The van der Waals surface area contributed by atoms with Crippen molar-refractivity contribution in [3.05, 3.63) is 71.3 Å². The topological polar surface area (TPSA) is 199 Å². The Balaban J connectivity index is 1.90. The molecule has 3 atom stereocenters. The van der Waals surface area contributed by atoms with Gasteiger partial charge in [0, 0.05) is 19.9 Å². The van der Waals surface area contributed by atoms with E-state index in [4.69, 9.17) is 5.73 Å². The molecule has 1 aliphatic heterocycles. The molecule has 0 aromatic heterocycles. The molecular weight excluding hydrogens is 498 g/mol. The van der Waals surface area contributed by atoms with Crippen LogP contribution in [0, 0.1) is 0 Å². The van der Waals surface area contributed by atoms with Crippen molar-refractivity contribution in [1.29, 1.82) is 0 Å². The lowest BCUT2D eigenvalue weighted by Crippen LogP contribution is -2.60. The summed E-state index contributed by atoms with van der Waals surface area (Å²) in [7, 11) is 0. The third kappa shape index (κ3) is 6.31. The third-order valence-corrected chi connectivity index (χ3v) is 5.83. The molecule has 6 N–H and O–H groups in total. The van der Waals surface area contributed by atoms with Crippen molar-refractivity contribution in [3.63, 3.8) is 0 Å². The number of nitrogens with zero attached hydrogens (tertiary/aromatic N) is 2. The van der Waals surface area contributed by atoms with E-state index in [1.807, 2.05) is 0 Å². The summed E-state index contributed by atoms with van der Waals surface area (Å²) in [6, 6.07) is 8.96. The summed E-state index contributed by atoms with van der Waals surface area (Å²) in [6.07, 6.45) is -0.960. The van der Waals surface area contributed by atoms with Crippen LogP contribution < -0.4 is 16.4 Å². The minimum Gasteiger partial charge on any atom is -0.481 e. The highest BCUT2D eigenvalue weighted by Crippen LogP contribution is 2.21. The Labute approximate surface area is 217 Å². The molecule has 1 fully saturated rings. The summed E-state index contributed by atoms with van der Waals surface area (Å²) in [5.41, 5.74) is 7.31. The maximum Gasteiger partial charge on any atom is 0.344 e. The number of nitrogens with one attached hydrogen (secondary N) is 2. The predicted molar refractivity (Wildman–Crippen MR) is 131 cm³/mol. The molecule has 38 heavy (non-hydrogen) atoms. The van der Waals surface area contributed by atoms with Crippen LogP contribution in [0.15, 0.2) is 54.6 Å². The van der Waals surface area contributed by atoms with Gasteiger partial charge in [-0.3, -0.25) is 19.2 Å². The summed E-state index contributed by atoms with van der Waals surface area (Å²) in [5, 5.41) is 24.6. The van der Waals surface area contributed by atoms with Gasteiger partial charge >= 0.3 is 18.0 Å². The van der Waals surface area contributed by atoms with E-state index in [2.05, 4.69) is 10.6 Å². The molecule has 3 rings (SSSR count). The molecule has 0 spiro atoms. The lowest BCUT2D eigenvalue weighted by Gasteiger charge is -2.34. The lowest BCUT2D eigenvalue weighted by atomic mass is 10.0. The van der Waals surface area contributed by atoms with Crippen molar-refractivity contribution in [2.24, 2.45) is 5.73 Å². The third-order valence-electron chi connectivity index (χ3n) is 5.83. The Morgan fingerprint density at radius 1 is 1.05 bits per heavy atom. The second-order valence-corrected chi connectivity index (χ2v) is 8.55. The average Bonchev–Trinajstić information content (AvgIpc) is 3.14. The lowest BCUT2D eigenvalue weighted by molar-refractivity contribution is -0.165. The normalized spacial score (nSPS) is 16.4. The van der Waals surface area contributed by atoms with Crippen LogP contribution in [0.25, 0.3) is 0 Å². The number of hydrogen-bond donors (Lipinski definition) is 5. The predicted octanol–water partition coefficient (Wildman–Crippen LogP) is 0.157. The van der Waals surface area contributed by atoms with E-state index in [0.29, 0.717) is 15.6 Å². The summed E-state index contributed by atoms with van der Waals surface area (Å²) in [5.74, 6) is -6.01. The highest BCUT2D eigenvalue weighted by molar-refractivity contribution is 6.06. The minimum atomic E-state index is -1.91. The summed E-state index contributed by atoms with van der Waals surface area (Å²) >= 11 is 0. The molecule has 1 heterocycles. The fourth-order valence-electron chi connectivity index (χ4n) is 4.11. The molecule has 5 amide bonds. The van der Waals surface area contributed by atoms with Crippen LogP contribution in [0.2, 0.25) is 0 Å². The Morgan fingerprint density at radius 2 is 1.71 bits per heavy atom. The second-order valence-electron chi connectivity index (χ2n) is 8.55. The van der Waals surface area contributed by atoms with Gasteiger partial charge in [0.05, 0.1) is 6.42 Å². The number of nitrogens with two attached hydrogens (primary N) is 1. The molecule has 1 aliphatic rings. The highest BCUT2D eigenvalue weighted by Gasteiger charge is 2.47. The molecule has 13 nitrogen and oxygen atoms in total. The van der Waals surface area contributed by atoms with Crippen LogP contribution in [-0.4, -0.2) is 68.0 Å². The van der Waals surface area contributed by atoms with Crippen LogP contribution in [0.3, 0.4) is 0 Å². The number of carboxylic acid groups (broad SMARTS) is 2. The van der Waals surface area contributed by atoms with Gasteiger partial charge in [-0.2, -0.15) is 5.01 Å². The number of aliphatic carboxylic acids is 2. The number of hydrogen-bond acceptors (Lipinski definition) is 7. The van der Waals surface area contributed by atoms with Gasteiger partial charge in [-0.1, -0.05) is 54.6 Å². The largest absolute Gasteiger partial charge is 0.481 e. The molecule has 0 aliphatic carbocycles. The number of amides is 5. The number of carbonyl (C=O) groups is 6. The van der Waals surface area contributed by atoms with Gasteiger partial charge in [0.15, 0.2) is 6.04 Å². The zero-order valence-corrected chi connectivity index (χ0v) is 20.4. The Kier molecular flexibility index (Phi) is 8.76. The molecule has 1 unspecified atom stereocenters. The van der Waals surface area contributed by atoms with Crippen molar-refractivity contribution in [2.45, 2.75) is 44.4 Å². The van der Waals surface area contributed by atoms with Crippen molar-refractivity contribution in [2.75, 3.05) is 0 Å². The molecule has 2 aromatic rings. The number of urea groups is 1. The van der Waals surface area contributed by atoms with Crippen LogP contribution >= 0.6 is 0 Å². The SMILES string of the molecule is CC(=O)N([C@@H](CC(=O)O)C(=O)N[C@H](C(=O)O)c1ccccc1)N1C(=O)NC(Cc2cccc(CN)c2)C1=O. The monoisotopic (exact) mass is 525 g/mol. The summed E-state index contributed by atoms with van der Waals surface area (Å²) in [4.78, 5) is 75.4. The Bertz CT molecular complexity index is 1250. The summed E-state index contributed by atoms with van der Waals surface area (Å²) in [6.45, 7) is 1.21. The highest BCUT2D eigenvalue weighted by atomic mass is 16.4. The fourth-order valence-corrected chi connectivity index (χ4v) is 4.11. The molecule has 0 radical (unpaired) electrons. The Morgan fingerprint density at radius 3 is 2.29 bits per heavy atom. The van der Waals surface area contributed by atoms with E-state index in [-0.39, 0.29) is 18.5 Å². The van der Waals surface area contributed by atoms with Crippen LogP contribution in [0.5, 0.6) is 0 Å². The first kappa shape index (κ1) is 27.8. The summed E-state index contributed by atoms with van der Waals surface area (Å²) < 4.78 is 0. The molecule has 2 aromatic carbocycles. The molecular formula is C25H27N5O8. The first-order valence-corrected chi connectivity index (χ1v) is 11.6. The number of imide groups is 1. The van der Waals surface area contributed by atoms with Gasteiger partial charge < -0.3 is 26.6 Å². The van der Waals surface area contributed by atoms with Crippen molar-refractivity contribution < 1.29 is 39.0 Å². The first-order chi connectivity index (χ1) is 18.0. The van der Waals surface area contributed by atoms with Crippen molar-refractivity contribution >= 4 is 35.7 Å². The van der Waals surface area contributed by atoms with Crippen LogP contribution in [-0.2, 0) is 36.9 Å². The van der Waals surface area contributed by atoms with E-state index in [0.717, 1.165) is 12.5 Å². The van der Waals surface area contributed by atoms with Crippen LogP contribution in [0.4, 0.5) is 4.79 Å². The zero-order valence-electron chi connectivity index (χ0n) is 20.4. The van der Waals surface area contributed by atoms with Crippen molar-refractivity contribution in [1.82, 2.24) is 20.7 Å². The number of carboxylic acids is 2. The zero-order chi connectivity index (χ0) is 28.0. The van der Waals surface area contributed by atoms with Gasteiger partial charge in [-0.25, -0.2) is 14.6 Å². The minimum absolute atomic E-state index is 0.0472. The van der Waals surface area contributed by atoms with E-state index in [9.17, 15) is 39.0 Å². The number of benzene rings is 2. The quantitative estimate of drug-likeness (QED) is 0.253. The van der Waals surface area contributed by atoms with Gasteiger partial charge in [0.25, 0.3) is 5.91 Å². The fraction of sp³-hybridized carbons (Fsp3) is 0.280. The molecule has 0 bridgehead atoms. The second kappa shape index (κ2) is 12.0. The molecule has 1 saturated heterocycles. The maximum absolute atomic E-state index is 13.2. The smallest absolute Gasteiger partial charge is 0.344 e.